The van der Waals surface area contributed by atoms with Crippen LogP contribution in [0.3, 0.4) is 0 Å². The summed E-state index contributed by atoms with van der Waals surface area (Å²) in [6.07, 6.45) is 0. The predicted octanol–water partition coefficient (Wildman–Crippen LogP) is 3.77. The first-order valence-electron chi connectivity index (χ1n) is 6.02. The lowest BCUT2D eigenvalue weighted by Gasteiger charge is -2.10. The van der Waals surface area contributed by atoms with E-state index in [1.165, 1.54) is 25.1 Å². The number of aromatic hydroxyl groups is 1. The van der Waals surface area contributed by atoms with Gasteiger partial charge in [-0.25, -0.2) is 12.8 Å². The van der Waals surface area contributed by atoms with Crippen LogP contribution in [0.25, 0.3) is 0 Å². The molecule has 0 aliphatic carbocycles. The van der Waals surface area contributed by atoms with Crippen molar-refractivity contribution in [2.24, 2.45) is 0 Å². The zero-order valence-corrected chi connectivity index (χ0v) is 12.6. The van der Waals surface area contributed by atoms with E-state index < -0.39 is 15.7 Å². The SMILES string of the molecule is CCS(=O)(=O)c1ccc(Oc2cc(F)ccc2O)c(Cl)c1. The monoisotopic (exact) mass is 330 g/mol. The summed E-state index contributed by atoms with van der Waals surface area (Å²) < 4.78 is 41.9. The fourth-order valence-electron chi connectivity index (χ4n) is 1.61. The number of hydrogen-bond acceptors (Lipinski definition) is 4. The van der Waals surface area contributed by atoms with Crippen molar-refractivity contribution < 1.29 is 22.7 Å². The zero-order valence-electron chi connectivity index (χ0n) is 11.0. The third-order valence-corrected chi connectivity index (χ3v) is 4.81. The minimum absolute atomic E-state index is 0.0474. The Kier molecular flexibility index (Phi) is 4.39. The number of hydrogen-bond donors (Lipinski definition) is 1. The fourth-order valence-corrected chi connectivity index (χ4v) is 2.80. The molecular formula is C14H12ClFO4S. The van der Waals surface area contributed by atoms with Crippen molar-refractivity contribution in [1.82, 2.24) is 0 Å². The molecule has 21 heavy (non-hydrogen) atoms. The highest BCUT2D eigenvalue weighted by atomic mass is 35.5. The summed E-state index contributed by atoms with van der Waals surface area (Å²) in [5, 5.41) is 9.63. The molecule has 0 fully saturated rings. The van der Waals surface area contributed by atoms with E-state index in [-0.39, 0.29) is 32.9 Å². The van der Waals surface area contributed by atoms with Gasteiger partial charge in [-0.1, -0.05) is 18.5 Å². The quantitative estimate of drug-likeness (QED) is 0.926. The fraction of sp³-hybridized carbons (Fsp3) is 0.143. The van der Waals surface area contributed by atoms with Crippen LogP contribution in [0.15, 0.2) is 41.3 Å². The average molecular weight is 331 g/mol. The Bertz CT molecular complexity index is 775. The highest BCUT2D eigenvalue weighted by Gasteiger charge is 2.15. The summed E-state index contributed by atoms with van der Waals surface area (Å²) in [5.41, 5.74) is 0. The molecule has 0 saturated carbocycles. The van der Waals surface area contributed by atoms with Gasteiger partial charge in [0.05, 0.1) is 15.7 Å². The Balaban J connectivity index is 2.36. The zero-order chi connectivity index (χ0) is 15.6. The highest BCUT2D eigenvalue weighted by molar-refractivity contribution is 7.91. The Morgan fingerprint density at radius 1 is 1.19 bits per heavy atom. The predicted molar refractivity (Wildman–Crippen MR) is 77.3 cm³/mol. The first kappa shape index (κ1) is 15.6. The van der Waals surface area contributed by atoms with Crippen LogP contribution in [0.2, 0.25) is 5.02 Å². The smallest absolute Gasteiger partial charge is 0.178 e. The molecule has 2 rings (SSSR count). The number of benzene rings is 2. The standard InChI is InChI=1S/C14H12ClFO4S/c1-2-21(18,19)10-4-6-13(11(15)8-10)20-14-7-9(16)3-5-12(14)17/h3-8,17H,2H2,1H3. The van der Waals surface area contributed by atoms with Crippen molar-refractivity contribution in [1.29, 1.82) is 0 Å². The lowest BCUT2D eigenvalue weighted by Crippen LogP contribution is -2.03. The van der Waals surface area contributed by atoms with Crippen LogP contribution < -0.4 is 4.74 Å². The van der Waals surface area contributed by atoms with E-state index in [0.29, 0.717) is 0 Å². The summed E-state index contributed by atoms with van der Waals surface area (Å²) in [6, 6.07) is 7.19. The van der Waals surface area contributed by atoms with Crippen LogP contribution in [0.4, 0.5) is 4.39 Å². The van der Waals surface area contributed by atoms with E-state index in [0.717, 1.165) is 18.2 Å². The second-order valence-corrected chi connectivity index (χ2v) is 6.90. The van der Waals surface area contributed by atoms with Crippen molar-refractivity contribution in [2.75, 3.05) is 5.75 Å². The molecule has 0 bridgehead atoms. The molecule has 0 spiro atoms. The van der Waals surface area contributed by atoms with E-state index in [1.54, 1.807) is 0 Å². The Morgan fingerprint density at radius 3 is 2.52 bits per heavy atom. The average Bonchev–Trinajstić information content (AvgIpc) is 2.44. The van der Waals surface area contributed by atoms with Crippen LogP contribution in [0, 0.1) is 5.82 Å². The number of ether oxygens (including phenoxy) is 1. The van der Waals surface area contributed by atoms with Crippen LogP contribution in [0.1, 0.15) is 6.92 Å². The maximum absolute atomic E-state index is 13.1. The molecule has 0 aromatic heterocycles. The van der Waals surface area contributed by atoms with Gasteiger partial charge in [0, 0.05) is 6.07 Å². The minimum Gasteiger partial charge on any atom is -0.504 e. The third-order valence-electron chi connectivity index (χ3n) is 2.78. The first-order valence-corrected chi connectivity index (χ1v) is 8.05. The van der Waals surface area contributed by atoms with Gasteiger partial charge in [-0.15, -0.1) is 0 Å². The molecule has 7 heteroatoms. The van der Waals surface area contributed by atoms with Crippen LogP contribution >= 0.6 is 11.6 Å². The Hall–Kier alpha value is -1.79. The van der Waals surface area contributed by atoms with Crippen LogP contribution in [-0.4, -0.2) is 19.3 Å². The van der Waals surface area contributed by atoms with Crippen LogP contribution in [0.5, 0.6) is 17.2 Å². The molecular weight excluding hydrogens is 319 g/mol. The maximum Gasteiger partial charge on any atom is 0.178 e. The molecule has 1 N–H and O–H groups in total. The number of sulfone groups is 1. The van der Waals surface area contributed by atoms with Gasteiger partial charge in [0.2, 0.25) is 0 Å². The summed E-state index contributed by atoms with van der Waals surface area (Å²) >= 11 is 5.97. The topological polar surface area (TPSA) is 63.6 Å². The number of phenolic OH excluding ortho intramolecular Hbond substituents is 1. The normalized spacial score (nSPS) is 11.4. The summed E-state index contributed by atoms with van der Waals surface area (Å²) in [5.74, 6) is -0.869. The van der Waals surface area contributed by atoms with Crippen molar-refractivity contribution >= 4 is 21.4 Å². The lowest BCUT2D eigenvalue weighted by atomic mass is 10.3. The Labute approximate surface area is 126 Å². The summed E-state index contributed by atoms with van der Waals surface area (Å²) in [7, 11) is -3.37. The summed E-state index contributed by atoms with van der Waals surface area (Å²) in [4.78, 5) is 0.0748. The highest BCUT2D eigenvalue weighted by Crippen LogP contribution is 2.35. The summed E-state index contributed by atoms with van der Waals surface area (Å²) in [6.45, 7) is 1.53. The van der Waals surface area contributed by atoms with Gasteiger partial charge < -0.3 is 9.84 Å². The van der Waals surface area contributed by atoms with Crippen molar-refractivity contribution in [2.45, 2.75) is 11.8 Å². The van der Waals surface area contributed by atoms with Gasteiger partial charge in [-0.3, -0.25) is 0 Å². The molecule has 0 heterocycles. The van der Waals surface area contributed by atoms with E-state index in [1.807, 2.05) is 0 Å². The van der Waals surface area contributed by atoms with E-state index in [2.05, 4.69) is 0 Å². The second-order valence-electron chi connectivity index (χ2n) is 4.21. The van der Waals surface area contributed by atoms with Gasteiger partial charge in [-0.05, 0) is 30.3 Å². The number of rotatable bonds is 4. The van der Waals surface area contributed by atoms with Crippen molar-refractivity contribution in [3.8, 4) is 17.2 Å². The maximum atomic E-state index is 13.1. The number of halogens is 2. The van der Waals surface area contributed by atoms with Gasteiger partial charge >= 0.3 is 0 Å². The molecule has 0 aliphatic heterocycles. The molecule has 0 unspecified atom stereocenters. The Morgan fingerprint density at radius 2 is 1.90 bits per heavy atom. The molecule has 112 valence electrons. The lowest BCUT2D eigenvalue weighted by molar-refractivity contribution is 0.407. The van der Waals surface area contributed by atoms with Gasteiger partial charge in [0.15, 0.2) is 21.3 Å². The molecule has 0 aliphatic rings. The first-order chi connectivity index (χ1) is 9.83. The third kappa shape index (κ3) is 3.46. The second kappa shape index (κ2) is 5.91. The molecule has 4 nitrogen and oxygen atoms in total. The van der Waals surface area contributed by atoms with Crippen molar-refractivity contribution in [3.05, 3.63) is 47.2 Å². The van der Waals surface area contributed by atoms with Gasteiger partial charge in [0.25, 0.3) is 0 Å². The molecule has 0 atom stereocenters. The molecule has 2 aromatic carbocycles. The molecule has 0 saturated heterocycles. The molecule has 0 amide bonds. The molecule has 2 aromatic rings. The van der Waals surface area contributed by atoms with Crippen molar-refractivity contribution in [3.63, 3.8) is 0 Å². The molecule has 0 radical (unpaired) electrons. The van der Waals surface area contributed by atoms with E-state index in [4.69, 9.17) is 16.3 Å². The van der Waals surface area contributed by atoms with Gasteiger partial charge in [-0.2, -0.15) is 0 Å². The minimum atomic E-state index is -3.37. The number of phenols is 1. The van der Waals surface area contributed by atoms with Gasteiger partial charge in [0.1, 0.15) is 11.6 Å². The van der Waals surface area contributed by atoms with E-state index >= 15 is 0 Å². The van der Waals surface area contributed by atoms with Crippen LogP contribution in [-0.2, 0) is 9.84 Å². The largest absolute Gasteiger partial charge is 0.504 e. The van der Waals surface area contributed by atoms with E-state index in [9.17, 15) is 17.9 Å².